The van der Waals surface area contributed by atoms with E-state index in [0.717, 1.165) is 34.1 Å². The number of halogens is 2. The summed E-state index contributed by atoms with van der Waals surface area (Å²) in [6.07, 6.45) is -0.545. The Kier molecular flexibility index (Phi) is 8.65. The summed E-state index contributed by atoms with van der Waals surface area (Å²) in [6, 6.07) is 14.2. The number of ether oxygens (including phenoxy) is 2. The third-order valence-electron chi connectivity index (χ3n) is 7.80. The maximum atomic E-state index is 15.1. The van der Waals surface area contributed by atoms with E-state index in [1.165, 1.54) is 24.1 Å². The van der Waals surface area contributed by atoms with Crippen molar-refractivity contribution in [2.75, 3.05) is 46.2 Å². The van der Waals surface area contributed by atoms with Gasteiger partial charge in [0.2, 0.25) is 0 Å². The van der Waals surface area contributed by atoms with Crippen LogP contribution in [0.4, 0.5) is 14.9 Å². The zero-order valence-electron chi connectivity index (χ0n) is 25.1. The van der Waals surface area contributed by atoms with Crippen LogP contribution in [-0.4, -0.2) is 83.2 Å². The number of carbonyl (C=O) groups excluding carboxylic acids is 2. The number of sulfonamides is 1. The number of hydrogen-bond donors (Lipinski definition) is 0. The summed E-state index contributed by atoms with van der Waals surface area (Å²) in [5.41, 5.74) is -0.209. The first-order valence-electron chi connectivity index (χ1n) is 13.9. The molecule has 2 aliphatic rings. The molecule has 2 heterocycles. The number of hydrogen-bond acceptors (Lipinski definition) is 8. The second-order valence-electron chi connectivity index (χ2n) is 11.2. The molecule has 3 aromatic carbocycles. The van der Waals surface area contributed by atoms with E-state index >= 15 is 4.79 Å². The van der Waals surface area contributed by atoms with Gasteiger partial charge < -0.3 is 19.3 Å². The highest BCUT2D eigenvalue weighted by atomic mass is 35.5. The molecule has 5 rings (SSSR count). The fourth-order valence-electron chi connectivity index (χ4n) is 5.95. The first-order chi connectivity index (χ1) is 20.8. The third-order valence-corrected chi connectivity index (χ3v) is 9.74. The molecule has 234 valence electrons. The molecule has 1 fully saturated rings. The minimum Gasteiger partial charge on any atom is -0.496 e. The molecule has 0 radical (unpaired) electrons. The Morgan fingerprint density at radius 1 is 1.05 bits per heavy atom. The molecular weight excluding hydrogens is 611 g/mol. The number of fused-ring (bicyclic) bond motifs is 1. The molecule has 0 N–H and O–H groups in total. The summed E-state index contributed by atoms with van der Waals surface area (Å²) in [5.74, 6) is -1.11. The molecular formula is C31H34ClFN4O6S. The first kappa shape index (κ1) is 31.7. The van der Waals surface area contributed by atoms with Crippen molar-refractivity contribution in [3.05, 3.63) is 88.2 Å². The summed E-state index contributed by atoms with van der Waals surface area (Å²) < 4.78 is 54.7. The van der Waals surface area contributed by atoms with E-state index < -0.39 is 39.6 Å². The highest BCUT2D eigenvalue weighted by Gasteiger charge is 2.63. The quantitative estimate of drug-likeness (QED) is 0.350. The molecule has 2 amide bonds. The van der Waals surface area contributed by atoms with E-state index in [9.17, 15) is 17.6 Å². The van der Waals surface area contributed by atoms with Crippen LogP contribution in [0.5, 0.6) is 5.75 Å². The lowest BCUT2D eigenvalue weighted by Gasteiger charge is -2.41. The van der Waals surface area contributed by atoms with Gasteiger partial charge in [-0.15, -0.1) is 0 Å². The summed E-state index contributed by atoms with van der Waals surface area (Å²) in [6.45, 7) is 0.869. The van der Waals surface area contributed by atoms with E-state index in [1.807, 2.05) is 31.1 Å². The predicted molar refractivity (Wildman–Crippen MR) is 164 cm³/mol. The van der Waals surface area contributed by atoms with Crippen molar-refractivity contribution in [3.63, 3.8) is 0 Å². The van der Waals surface area contributed by atoms with Gasteiger partial charge in [-0.2, -0.15) is 0 Å². The zero-order valence-corrected chi connectivity index (χ0v) is 26.7. The lowest BCUT2D eigenvalue weighted by atomic mass is 9.81. The van der Waals surface area contributed by atoms with Crippen LogP contribution in [0, 0.1) is 5.82 Å². The van der Waals surface area contributed by atoms with Crippen LogP contribution in [0.3, 0.4) is 0 Å². The SMILES string of the molecule is COc1cc(CN(C)C)ccc1C1(N2CCC[C@@H]2OC(=O)N(C)C)C(=O)N(S(=O)(=O)c2ccc(F)cc2)c2ccc(Cl)cc21. The van der Waals surface area contributed by atoms with Gasteiger partial charge in [0.15, 0.2) is 11.8 Å². The first-order valence-corrected chi connectivity index (χ1v) is 15.8. The van der Waals surface area contributed by atoms with E-state index in [4.69, 9.17) is 21.1 Å². The van der Waals surface area contributed by atoms with Crippen molar-refractivity contribution in [2.24, 2.45) is 0 Å². The molecule has 2 atom stereocenters. The number of methoxy groups -OCH3 is 1. The Morgan fingerprint density at radius 2 is 1.75 bits per heavy atom. The van der Waals surface area contributed by atoms with E-state index in [1.54, 1.807) is 31.1 Å². The number of rotatable bonds is 8. The summed E-state index contributed by atoms with van der Waals surface area (Å²) in [5, 5.41) is 0.270. The van der Waals surface area contributed by atoms with E-state index in [2.05, 4.69) is 0 Å². The zero-order chi connectivity index (χ0) is 32.0. The Hall–Kier alpha value is -3.71. The van der Waals surface area contributed by atoms with Gasteiger partial charge in [-0.3, -0.25) is 4.79 Å². The molecule has 10 nitrogen and oxygen atoms in total. The number of anilines is 1. The smallest absolute Gasteiger partial charge is 0.410 e. The van der Waals surface area contributed by atoms with Crippen molar-refractivity contribution in [1.29, 1.82) is 0 Å². The van der Waals surface area contributed by atoms with E-state index in [0.29, 0.717) is 30.7 Å². The standard InChI is InChI=1S/C31H34ClFN4O6S/c1-34(2)19-20-8-14-24(27(17-20)42-5)31(36-16-6-7-28(36)43-30(39)35(3)4)25-18-21(32)9-15-26(25)37(29(31)38)44(40,41)23-12-10-22(33)11-13-23/h8-15,17-18,28H,6-7,16,19H2,1-5H3/t28-,31?/m0/s1. The molecule has 0 saturated carbocycles. The molecule has 2 aliphatic heterocycles. The summed E-state index contributed by atoms with van der Waals surface area (Å²) in [7, 11) is 3.88. The van der Waals surface area contributed by atoms with Gasteiger partial charge in [-0.25, -0.2) is 26.8 Å². The Labute approximate surface area is 261 Å². The summed E-state index contributed by atoms with van der Waals surface area (Å²) in [4.78, 5) is 32.6. The Bertz CT molecular complexity index is 1700. The van der Waals surface area contributed by atoms with Crippen LogP contribution < -0.4 is 9.04 Å². The fourth-order valence-corrected chi connectivity index (χ4v) is 7.58. The van der Waals surface area contributed by atoms with Gasteiger partial charge in [0.05, 0.1) is 17.7 Å². The molecule has 0 aromatic heterocycles. The lowest BCUT2D eigenvalue weighted by Crippen LogP contribution is -2.57. The average molecular weight is 645 g/mol. The van der Waals surface area contributed by atoms with Crippen LogP contribution in [0.2, 0.25) is 5.02 Å². The number of likely N-dealkylation sites (tertiary alicyclic amines) is 1. The van der Waals surface area contributed by atoms with Crippen LogP contribution in [0.25, 0.3) is 0 Å². The molecule has 1 unspecified atom stereocenters. The Balaban J connectivity index is 1.81. The number of benzene rings is 3. The third kappa shape index (κ3) is 5.29. The fraction of sp³-hybridized carbons (Fsp3) is 0.355. The molecule has 13 heteroatoms. The monoisotopic (exact) mass is 644 g/mol. The van der Waals surface area contributed by atoms with Crippen molar-refractivity contribution < 1.29 is 31.9 Å². The second kappa shape index (κ2) is 12.0. The number of carbonyl (C=O) groups is 2. The van der Waals surface area contributed by atoms with E-state index in [-0.39, 0.29) is 27.7 Å². The van der Waals surface area contributed by atoms with Gasteiger partial charge in [-0.1, -0.05) is 23.7 Å². The maximum absolute atomic E-state index is 15.1. The summed E-state index contributed by atoms with van der Waals surface area (Å²) >= 11 is 6.54. The van der Waals surface area contributed by atoms with Crippen LogP contribution >= 0.6 is 11.6 Å². The maximum Gasteiger partial charge on any atom is 0.410 e. The molecule has 0 spiro atoms. The average Bonchev–Trinajstić information content (AvgIpc) is 3.52. The van der Waals surface area contributed by atoms with Gasteiger partial charge in [0.25, 0.3) is 15.9 Å². The van der Waals surface area contributed by atoms with Crippen LogP contribution in [-0.2, 0) is 31.6 Å². The highest BCUT2D eigenvalue weighted by Crippen LogP contribution is 2.55. The highest BCUT2D eigenvalue weighted by molar-refractivity contribution is 7.93. The van der Waals surface area contributed by atoms with Crippen LogP contribution in [0.15, 0.2) is 65.6 Å². The molecule has 0 bridgehead atoms. The number of nitrogens with zero attached hydrogens (tertiary/aromatic N) is 4. The molecule has 44 heavy (non-hydrogen) atoms. The number of amides is 2. The molecule has 0 aliphatic carbocycles. The van der Waals surface area contributed by atoms with Gasteiger partial charge >= 0.3 is 6.09 Å². The van der Waals surface area contributed by atoms with Crippen molar-refractivity contribution >= 4 is 39.3 Å². The Morgan fingerprint density at radius 3 is 2.39 bits per heavy atom. The molecule has 3 aromatic rings. The largest absolute Gasteiger partial charge is 0.496 e. The van der Waals surface area contributed by atoms with Gasteiger partial charge in [0, 0.05) is 43.3 Å². The van der Waals surface area contributed by atoms with Gasteiger partial charge in [0.1, 0.15) is 11.6 Å². The normalized spacial score (nSPS) is 20.2. The molecule has 1 saturated heterocycles. The topological polar surface area (TPSA) is 99.7 Å². The minimum absolute atomic E-state index is 0.0766. The van der Waals surface area contributed by atoms with Gasteiger partial charge in [-0.05, 0) is 81.0 Å². The van der Waals surface area contributed by atoms with Crippen molar-refractivity contribution in [3.8, 4) is 5.75 Å². The van der Waals surface area contributed by atoms with Crippen molar-refractivity contribution in [1.82, 2.24) is 14.7 Å². The lowest BCUT2D eigenvalue weighted by molar-refractivity contribution is -0.132. The van der Waals surface area contributed by atoms with Crippen molar-refractivity contribution in [2.45, 2.75) is 36.0 Å². The second-order valence-corrected chi connectivity index (χ2v) is 13.5. The minimum atomic E-state index is -4.55. The predicted octanol–water partition coefficient (Wildman–Crippen LogP) is 4.65. The van der Waals surface area contributed by atoms with Crippen LogP contribution in [0.1, 0.15) is 29.5 Å².